The number of aliphatic hydroxyl groups excluding tert-OH is 2. The summed E-state index contributed by atoms with van der Waals surface area (Å²) in [6.45, 7) is -0.287. The van der Waals surface area contributed by atoms with Crippen LogP contribution in [0.1, 0.15) is 6.42 Å². The molecule has 4 nitrogen and oxygen atoms in total. The molecule has 1 rings (SSSR count). The van der Waals surface area contributed by atoms with Gasteiger partial charge < -0.3 is 15.5 Å². The average molecular weight is 131 g/mol. The number of carbonyl (C=O) groups is 1. The number of carbonyl (C=O) groups excluding carboxylic acids is 1. The lowest BCUT2D eigenvalue weighted by Gasteiger charge is -2.29. The minimum absolute atomic E-state index is 0.0625. The molecule has 1 heterocycles. The van der Waals surface area contributed by atoms with E-state index in [0.717, 1.165) is 0 Å². The second kappa shape index (κ2) is 2.33. The summed E-state index contributed by atoms with van der Waals surface area (Å²) < 4.78 is 0. The number of aliphatic hydroxyl groups is 2. The molecule has 4 heteroatoms. The zero-order valence-electron chi connectivity index (χ0n) is 4.87. The number of rotatable bonds is 2. The lowest BCUT2D eigenvalue weighted by atomic mass is 10.0. The van der Waals surface area contributed by atoms with Gasteiger partial charge in [0.15, 0.2) is 0 Å². The Morgan fingerprint density at radius 1 is 1.89 bits per heavy atom. The molecule has 0 aliphatic carbocycles. The Kier molecular flexibility index (Phi) is 1.68. The van der Waals surface area contributed by atoms with E-state index in [1.165, 1.54) is 0 Å². The highest BCUT2D eigenvalue weighted by Gasteiger charge is 2.30. The van der Waals surface area contributed by atoms with Crippen LogP contribution in [0.4, 0.5) is 0 Å². The second-order valence-corrected chi connectivity index (χ2v) is 2.13. The van der Waals surface area contributed by atoms with Gasteiger partial charge >= 0.3 is 0 Å². The van der Waals surface area contributed by atoms with Crippen molar-refractivity contribution < 1.29 is 15.0 Å². The lowest BCUT2D eigenvalue weighted by Crippen LogP contribution is -2.55. The first-order valence-electron chi connectivity index (χ1n) is 2.82. The number of nitrogens with one attached hydrogen (secondary N) is 1. The van der Waals surface area contributed by atoms with E-state index in [1.807, 2.05) is 0 Å². The Morgan fingerprint density at radius 3 is 2.78 bits per heavy atom. The minimum atomic E-state index is -0.789. The molecule has 0 spiro atoms. The fraction of sp³-hybridized carbons (Fsp3) is 0.800. The molecular weight excluding hydrogens is 122 g/mol. The normalized spacial score (nSPS) is 28.7. The maximum absolute atomic E-state index is 10.2. The largest absolute Gasteiger partial charge is 0.394 e. The molecule has 0 radical (unpaired) electrons. The quantitative estimate of drug-likeness (QED) is 0.388. The molecule has 2 unspecified atom stereocenters. The number of amides is 1. The summed E-state index contributed by atoms with van der Waals surface area (Å²) in [5.41, 5.74) is 0. The lowest BCUT2D eigenvalue weighted by molar-refractivity contribution is -0.131. The van der Waals surface area contributed by atoms with Crippen LogP contribution in [0.15, 0.2) is 0 Å². The van der Waals surface area contributed by atoms with Gasteiger partial charge in [0.05, 0.1) is 18.8 Å². The summed E-state index contributed by atoms with van der Waals surface area (Å²) in [6.07, 6.45) is -0.454. The predicted molar refractivity (Wildman–Crippen MR) is 29.6 cm³/mol. The zero-order chi connectivity index (χ0) is 6.85. The molecule has 1 amide bonds. The standard InChI is InChI=1S/C5H9NO3/c7-2-4(8)3-1-5(9)6-3/h3-4,7-8H,1-2H2,(H,6,9). The third kappa shape index (κ3) is 1.20. The monoisotopic (exact) mass is 131 g/mol. The molecule has 1 saturated heterocycles. The highest BCUT2D eigenvalue weighted by molar-refractivity contribution is 5.82. The van der Waals surface area contributed by atoms with E-state index in [4.69, 9.17) is 10.2 Å². The zero-order valence-corrected chi connectivity index (χ0v) is 4.87. The fourth-order valence-corrected chi connectivity index (χ4v) is 0.745. The van der Waals surface area contributed by atoms with Gasteiger partial charge in [-0.05, 0) is 0 Å². The topological polar surface area (TPSA) is 69.6 Å². The average Bonchev–Trinajstić information content (AvgIpc) is 1.79. The van der Waals surface area contributed by atoms with Gasteiger partial charge in [0.2, 0.25) is 5.91 Å². The van der Waals surface area contributed by atoms with Crippen LogP contribution >= 0.6 is 0 Å². The summed E-state index contributed by atoms with van der Waals surface area (Å²) in [5, 5.41) is 19.6. The molecule has 0 saturated carbocycles. The highest BCUT2D eigenvalue weighted by atomic mass is 16.3. The maximum atomic E-state index is 10.2. The molecular formula is C5H9NO3. The first kappa shape index (κ1) is 6.51. The van der Waals surface area contributed by atoms with E-state index >= 15 is 0 Å². The van der Waals surface area contributed by atoms with Crippen molar-refractivity contribution in [1.82, 2.24) is 5.32 Å². The van der Waals surface area contributed by atoms with Gasteiger partial charge in [0.25, 0.3) is 0 Å². The van der Waals surface area contributed by atoms with E-state index in [2.05, 4.69) is 5.32 Å². The molecule has 9 heavy (non-hydrogen) atoms. The number of β-lactam (4-membered cyclic amide) rings is 1. The van der Waals surface area contributed by atoms with Crippen molar-refractivity contribution in [3.05, 3.63) is 0 Å². The minimum Gasteiger partial charge on any atom is -0.394 e. The molecule has 2 atom stereocenters. The number of hydrogen-bond acceptors (Lipinski definition) is 3. The van der Waals surface area contributed by atoms with E-state index in [0.29, 0.717) is 6.42 Å². The summed E-state index contributed by atoms with van der Waals surface area (Å²) in [5.74, 6) is -0.0625. The van der Waals surface area contributed by atoms with Crippen LogP contribution in [0.25, 0.3) is 0 Å². The van der Waals surface area contributed by atoms with Crippen LogP contribution in [0, 0.1) is 0 Å². The second-order valence-electron chi connectivity index (χ2n) is 2.13. The Hall–Kier alpha value is -0.610. The Labute approximate surface area is 52.5 Å². The van der Waals surface area contributed by atoms with Gasteiger partial charge in [0, 0.05) is 6.42 Å². The molecule has 52 valence electrons. The van der Waals surface area contributed by atoms with E-state index in [9.17, 15) is 4.79 Å². The first-order valence-corrected chi connectivity index (χ1v) is 2.82. The fourth-order valence-electron chi connectivity index (χ4n) is 0.745. The van der Waals surface area contributed by atoms with Crippen LogP contribution in [0.2, 0.25) is 0 Å². The van der Waals surface area contributed by atoms with Gasteiger partial charge in [-0.25, -0.2) is 0 Å². The number of hydrogen-bond donors (Lipinski definition) is 3. The maximum Gasteiger partial charge on any atom is 0.222 e. The molecule has 0 aromatic carbocycles. The molecule has 0 aromatic rings. The van der Waals surface area contributed by atoms with Crippen LogP contribution in [0.5, 0.6) is 0 Å². The smallest absolute Gasteiger partial charge is 0.222 e. The van der Waals surface area contributed by atoms with Crippen LogP contribution in [-0.4, -0.2) is 34.9 Å². The molecule has 1 aliphatic heterocycles. The Balaban J connectivity index is 2.23. The predicted octanol–water partition coefficient (Wildman–Crippen LogP) is -1.77. The van der Waals surface area contributed by atoms with Crippen molar-refractivity contribution in [2.75, 3.05) is 6.61 Å². The Bertz CT molecular complexity index is 117. The van der Waals surface area contributed by atoms with E-state index < -0.39 is 6.10 Å². The molecule has 3 N–H and O–H groups in total. The van der Waals surface area contributed by atoms with Crippen LogP contribution in [0.3, 0.4) is 0 Å². The van der Waals surface area contributed by atoms with E-state index in [1.54, 1.807) is 0 Å². The van der Waals surface area contributed by atoms with E-state index in [-0.39, 0.29) is 18.6 Å². The SMILES string of the molecule is O=C1CC(C(O)CO)N1. The van der Waals surface area contributed by atoms with Gasteiger partial charge in [-0.3, -0.25) is 4.79 Å². The molecule has 0 bridgehead atoms. The molecule has 0 aromatic heterocycles. The van der Waals surface area contributed by atoms with Crippen molar-refractivity contribution in [3.63, 3.8) is 0 Å². The van der Waals surface area contributed by atoms with Crippen molar-refractivity contribution in [3.8, 4) is 0 Å². The van der Waals surface area contributed by atoms with Crippen molar-refractivity contribution in [1.29, 1.82) is 0 Å². The first-order chi connectivity index (χ1) is 4.24. The summed E-state index contributed by atoms with van der Waals surface area (Å²) in [7, 11) is 0. The third-order valence-electron chi connectivity index (χ3n) is 1.40. The van der Waals surface area contributed by atoms with Crippen LogP contribution < -0.4 is 5.32 Å². The molecule has 1 aliphatic rings. The summed E-state index contributed by atoms with van der Waals surface area (Å²) in [4.78, 5) is 10.2. The van der Waals surface area contributed by atoms with Crippen molar-refractivity contribution in [2.45, 2.75) is 18.6 Å². The molecule has 1 fully saturated rings. The van der Waals surface area contributed by atoms with Gasteiger partial charge in [-0.1, -0.05) is 0 Å². The summed E-state index contributed by atoms with van der Waals surface area (Å²) >= 11 is 0. The highest BCUT2D eigenvalue weighted by Crippen LogP contribution is 2.07. The summed E-state index contributed by atoms with van der Waals surface area (Å²) in [6, 6.07) is -0.220. The van der Waals surface area contributed by atoms with Crippen molar-refractivity contribution >= 4 is 5.91 Å². The Morgan fingerprint density at radius 2 is 2.44 bits per heavy atom. The van der Waals surface area contributed by atoms with Crippen molar-refractivity contribution in [2.24, 2.45) is 0 Å². The van der Waals surface area contributed by atoms with Crippen LogP contribution in [-0.2, 0) is 4.79 Å². The van der Waals surface area contributed by atoms with Gasteiger partial charge in [-0.2, -0.15) is 0 Å². The van der Waals surface area contributed by atoms with Gasteiger partial charge in [-0.15, -0.1) is 0 Å². The van der Waals surface area contributed by atoms with Gasteiger partial charge in [0.1, 0.15) is 0 Å². The third-order valence-corrected chi connectivity index (χ3v) is 1.40.